The van der Waals surface area contributed by atoms with Gasteiger partial charge >= 0.3 is 0 Å². The second-order valence-electron chi connectivity index (χ2n) is 6.30. The quantitative estimate of drug-likeness (QED) is 0.869. The van der Waals surface area contributed by atoms with E-state index in [0.29, 0.717) is 30.9 Å². The first-order chi connectivity index (χ1) is 12.5. The molecule has 0 spiro atoms. The zero-order chi connectivity index (χ0) is 18.5. The maximum Gasteiger partial charge on any atom is 0.245 e. The van der Waals surface area contributed by atoms with E-state index in [4.69, 9.17) is 11.6 Å². The zero-order valence-electron chi connectivity index (χ0n) is 14.3. The van der Waals surface area contributed by atoms with Crippen LogP contribution in [0.4, 0.5) is 10.2 Å². The highest BCUT2D eigenvalue weighted by atomic mass is 35.5. The largest absolute Gasteiger partial charge is 0.333 e. The molecule has 0 unspecified atom stereocenters. The van der Waals surface area contributed by atoms with Crippen LogP contribution in [-0.2, 0) is 16.1 Å². The number of halogens is 2. The minimum Gasteiger partial charge on any atom is -0.333 e. The van der Waals surface area contributed by atoms with Crippen LogP contribution in [0.25, 0.3) is 0 Å². The van der Waals surface area contributed by atoms with Crippen molar-refractivity contribution >= 4 is 29.2 Å². The third kappa shape index (κ3) is 4.60. The molecule has 1 saturated heterocycles. The maximum absolute atomic E-state index is 13.6. The predicted molar refractivity (Wildman–Crippen MR) is 96.4 cm³/mol. The average molecular weight is 379 g/mol. The lowest BCUT2D eigenvalue weighted by molar-refractivity contribution is -0.134. The summed E-state index contributed by atoms with van der Waals surface area (Å²) in [5.41, 5.74) is 0.675. The topological polar surface area (TPSA) is 67.2 Å². The van der Waals surface area contributed by atoms with Crippen LogP contribution in [0.15, 0.2) is 30.5 Å². The first-order valence-corrected chi connectivity index (χ1v) is 8.94. The van der Waals surface area contributed by atoms with Crippen molar-refractivity contribution in [2.24, 2.45) is 0 Å². The fourth-order valence-corrected chi connectivity index (χ4v) is 3.05. The lowest BCUT2D eigenvalue weighted by atomic mass is 10.2. The number of benzene rings is 1. The summed E-state index contributed by atoms with van der Waals surface area (Å²) in [6, 6.07) is 6.19. The summed E-state index contributed by atoms with van der Waals surface area (Å²) in [5, 5.41) is 6.99. The smallest absolute Gasteiger partial charge is 0.245 e. The fourth-order valence-electron chi connectivity index (χ4n) is 2.94. The number of rotatable bonds is 5. The van der Waals surface area contributed by atoms with Crippen molar-refractivity contribution in [3.63, 3.8) is 0 Å². The first-order valence-electron chi connectivity index (χ1n) is 8.56. The average Bonchev–Trinajstić information content (AvgIpc) is 2.92. The molecule has 1 aromatic heterocycles. The Kier molecular flexibility index (Phi) is 5.88. The standard InChI is InChI=1S/C18H20ClFN4O2/c19-14-6-5-13(10-15(14)20)11-24-16(7-8-21-24)22-17(25)12-23-9-3-1-2-4-18(23)26/h5-8,10H,1-4,9,11-12H2,(H,22,25). The summed E-state index contributed by atoms with van der Waals surface area (Å²) >= 11 is 5.69. The summed E-state index contributed by atoms with van der Waals surface area (Å²) < 4.78 is 15.1. The van der Waals surface area contributed by atoms with E-state index in [1.54, 1.807) is 27.9 Å². The number of aromatic nitrogens is 2. The van der Waals surface area contributed by atoms with Gasteiger partial charge in [-0.1, -0.05) is 24.1 Å². The minimum absolute atomic E-state index is 0.0165. The molecular weight excluding hydrogens is 359 g/mol. The molecule has 1 aliphatic rings. The van der Waals surface area contributed by atoms with E-state index >= 15 is 0 Å². The summed E-state index contributed by atoms with van der Waals surface area (Å²) in [6.45, 7) is 0.925. The van der Waals surface area contributed by atoms with Crippen LogP contribution in [-0.4, -0.2) is 39.6 Å². The molecule has 1 aliphatic heterocycles. The van der Waals surface area contributed by atoms with Crippen molar-refractivity contribution in [2.45, 2.75) is 32.2 Å². The van der Waals surface area contributed by atoms with Crippen LogP contribution < -0.4 is 5.32 Å². The highest BCUT2D eigenvalue weighted by Crippen LogP contribution is 2.18. The zero-order valence-corrected chi connectivity index (χ0v) is 15.0. The van der Waals surface area contributed by atoms with Gasteiger partial charge in [0.15, 0.2) is 0 Å². The van der Waals surface area contributed by atoms with Crippen LogP contribution in [0.3, 0.4) is 0 Å². The molecule has 0 aliphatic carbocycles. The van der Waals surface area contributed by atoms with Gasteiger partial charge in [-0.2, -0.15) is 5.10 Å². The van der Waals surface area contributed by atoms with Gasteiger partial charge < -0.3 is 10.2 Å². The van der Waals surface area contributed by atoms with E-state index < -0.39 is 5.82 Å². The van der Waals surface area contributed by atoms with Crippen LogP contribution in [0, 0.1) is 5.82 Å². The summed E-state index contributed by atoms with van der Waals surface area (Å²) in [4.78, 5) is 25.9. The molecule has 3 rings (SSSR count). The van der Waals surface area contributed by atoms with Gasteiger partial charge in [0, 0.05) is 19.0 Å². The number of nitrogens with one attached hydrogen (secondary N) is 1. The van der Waals surface area contributed by atoms with E-state index in [9.17, 15) is 14.0 Å². The first kappa shape index (κ1) is 18.4. The molecule has 26 heavy (non-hydrogen) atoms. The lowest BCUT2D eigenvalue weighted by Crippen LogP contribution is -2.37. The Morgan fingerprint density at radius 1 is 1.27 bits per heavy atom. The SMILES string of the molecule is O=C(CN1CCCCCC1=O)Nc1ccnn1Cc1ccc(Cl)c(F)c1. The van der Waals surface area contributed by atoms with Crippen molar-refractivity contribution in [1.29, 1.82) is 0 Å². The van der Waals surface area contributed by atoms with Gasteiger partial charge in [0.25, 0.3) is 0 Å². The number of nitrogens with zero attached hydrogens (tertiary/aromatic N) is 3. The molecule has 138 valence electrons. The van der Waals surface area contributed by atoms with Gasteiger partial charge in [-0.05, 0) is 30.5 Å². The number of carbonyl (C=O) groups excluding carboxylic acids is 2. The number of hydrogen-bond acceptors (Lipinski definition) is 3. The molecule has 0 bridgehead atoms. The Hall–Kier alpha value is -2.41. The molecule has 6 nitrogen and oxygen atoms in total. The monoisotopic (exact) mass is 378 g/mol. The normalized spacial score (nSPS) is 15.0. The van der Waals surface area contributed by atoms with Crippen LogP contribution in [0.2, 0.25) is 5.02 Å². The van der Waals surface area contributed by atoms with Gasteiger partial charge in [0.05, 0.1) is 24.3 Å². The van der Waals surface area contributed by atoms with Gasteiger partial charge in [-0.15, -0.1) is 0 Å². The molecule has 2 aromatic rings. The van der Waals surface area contributed by atoms with Gasteiger partial charge in [-0.25, -0.2) is 9.07 Å². The summed E-state index contributed by atoms with van der Waals surface area (Å²) in [7, 11) is 0. The molecule has 0 radical (unpaired) electrons. The van der Waals surface area contributed by atoms with Gasteiger partial charge in [0.2, 0.25) is 11.8 Å². The van der Waals surface area contributed by atoms with Crippen molar-refractivity contribution in [3.05, 3.63) is 46.9 Å². The summed E-state index contributed by atoms with van der Waals surface area (Å²) in [6.07, 6.45) is 4.85. The second kappa shape index (κ2) is 8.31. The molecule has 0 atom stereocenters. The molecule has 2 heterocycles. The highest BCUT2D eigenvalue weighted by Gasteiger charge is 2.19. The number of likely N-dealkylation sites (tertiary alicyclic amines) is 1. The molecular formula is C18H20ClFN4O2. The third-order valence-electron chi connectivity index (χ3n) is 4.31. The van der Waals surface area contributed by atoms with Gasteiger partial charge in [-0.3, -0.25) is 9.59 Å². The molecule has 1 fully saturated rings. The summed E-state index contributed by atoms with van der Waals surface area (Å²) in [5.74, 6) is -0.263. The fraction of sp³-hybridized carbons (Fsp3) is 0.389. The van der Waals surface area contributed by atoms with Crippen LogP contribution in [0.5, 0.6) is 0 Å². The Morgan fingerprint density at radius 3 is 2.92 bits per heavy atom. The minimum atomic E-state index is -0.499. The van der Waals surface area contributed by atoms with Gasteiger partial charge in [0.1, 0.15) is 11.6 Å². The lowest BCUT2D eigenvalue weighted by Gasteiger charge is -2.20. The second-order valence-corrected chi connectivity index (χ2v) is 6.70. The third-order valence-corrected chi connectivity index (χ3v) is 4.61. The van der Waals surface area contributed by atoms with Crippen LogP contribution in [0.1, 0.15) is 31.2 Å². The van der Waals surface area contributed by atoms with Crippen LogP contribution >= 0.6 is 11.6 Å². The van der Waals surface area contributed by atoms with Crippen molar-refractivity contribution in [3.8, 4) is 0 Å². The highest BCUT2D eigenvalue weighted by molar-refractivity contribution is 6.30. The molecule has 1 aromatic carbocycles. The van der Waals surface area contributed by atoms with E-state index in [0.717, 1.165) is 19.3 Å². The van der Waals surface area contributed by atoms with Crippen molar-refractivity contribution in [1.82, 2.24) is 14.7 Å². The number of carbonyl (C=O) groups is 2. The van der Waals surface area contributed by atoms with Crippen molar-refractivity contribution < 1.29 is 14.0 Å². The maximum atomic E-state index is 13.6. The molecule has 2 amide bonds. The van der Waals surface area contributed by atoms with E-state index in [1.807, 2.05) is 0 Å². The van der Waals surface area contributed by atoms with Crippen molar-refractivity contribution in [2.75, 3.05) is 18.4 Å². The number of hydrogen-bond donors (Lipinski definition) is 1. The Bertz CT molecular complexity index is 808. The predicted octanol–water partition coefficient (Wildman–Crippen LogP) is 3.07. The Balaban J connectivity index is 1.63. The van der Waals surface area contributed by atoms with E-state index in [2.05, 4.69) is 10.4 Å². The van der Waals surface area contributed by atoms with E-state index in [-0.39, 0.29) is 23.4 Å². The van der Waals surface area contributed by atoms with E-state index in [1.165, 1.54) is 12.1 Å². The number of amides is 2. The molecule has 1 N–H and O–H groups in total. The Labute approximate surface area is 155 Å². The molecule has 8 heteroatoms. The Morgan fingerprint density at radius 2 is 2.12 bits per heavy atom. The molecule has 0 saturated carbocycles. The number of anilines is 1.